The highest BCUT2D eigenvalue weighted by Gasteiger charge is 2.28. The maximum atomic E-state index is 12.4. The number of alkyl halides is 3. The Kier molecular flexibility index (Phi) is 5.83. The quantitative estimate of drug-likeness (QED) is 0.561. The Morgan fingerprint density at radius 1 is 1.20 bits per heavy atom. The predicted octanol–water partition coefficient (Wildman–Crippen LogP) is 5.49. The lowest BCUT2D eigenvalue weighted by atomic mass is 10.1. The summed E-state index contributed by atoms with van der Waals surface area (Å²) in [4.78, 5) is 28.7. The Bertz CT molecular complexity index is 1120. The number of nitrogens with one attached hydrogen (secondary N) is 1. The molecular formula is C19H17ClF3N3O3S. The van der Waals surface area contributed by atoms with E-state index in [0.717, 1.165) is 15.9 Å². The molecule has 3 aromatic rings. The lowest BCUT2D eigenvalue weighted by Gasteiger charge is -2.19. The van der Waals surface area contributed by atoms with E-state index >= 15 is 0 Å². The maximum absolute atomic E-state index is 12.4. The van der Waals surface area contributed by atoms with Crippen LogP contribution >= 0.6 is 22.9 Å². The molecule has 0 atom stereocenters. The average Bonchev–Trinajstić information content (AvgIpc) is 3.20. The fourth-order valence-corrected chi connectivity index (χ4v) is 3.67. The molecule has 0 spiro atoms. The standard InChI is InChI=1S/C19H17ClF3N3O3S/c1-18(2,3)29-17(28)26-14(20)6-10-4-11(7-24-15(10)26)12-5-13(30-8-12)16(27)25-9-19(21,22)23/h4-8H,9H2,1-3H3,(H,25,27). The summed E-state index contributed by atoms with van der Waals surface area (Å²) < 4.78 is 43.3. The second-order valence-electron chi connectivity index (χ2n) is 7.42. The van der Waals surface area contributed by atoms with E-state index in [-0.39, 0.29) is 10.0 Å². The number of thiophene rings is 1. The summed E-state index contributed by atoms with van der Waals surface area (Å²) >= 11 is 7.20. The van der Waals surface area contributed by atoms with Gasteiger partial charge in [-0.15, -0.1) is 11.3 Å². The molecule has 1 amide bonds. The molecule has 1 N–H and O–H groups in total. The second kappa shape index (κ2) is 7.92. The molecule has 160 valence electrons. The van der Waals surface area contributed by atoms with E-state index in [2.05, 4.69) is 4.98 Å². The van der Waals surface area contributed by atoms with Crippen molar-refractivity contribution in [3.8, 4) is 11.1 Å². The zero-order chi connectivity index (χ0) is 22.3. The van der Waals surface area contributed by atoms with Gasteiger partial charge in [0, 0.05) is 17.1 Å². The van der Waals surface area contributed by atoms with Gasteiger partial charge in [-0.05, 0) is 49.9 Å². The highest BCUT2D eigenvalue weighted by molar-refractivity contribution is 7.12. The van der Waals surface area contributed by atoms with Gasteiger partial charge in [0.2, 0.25) is 0 Å². The van der Waals surface area contributed by atoms with Gasteiger partial charge in [0.1, 0.15) is 17.3 Å². The van der Waals surface area contributed by atoms with Crippen molar-refractivity contribution in [2.24, 2.45) is 0 Å². The molecule has 0 aliphatic heterocycles. The van der Waals surface area contributed by atoms with Crippen LogP contribution in [0.5, 0.6) is 0 Å². The summed E-state index contributed by atoms with van der Waals surface area (Å²) in [5, 5.41) is 4.16. The van der Waals surface area contributed by atoms with E-state index in [1.807, 2.05) is 5.32 Å². The monoisotopic (exact) mass is 459 g/mol. The molecule has 0 aliphatic rings. The van der Waals surface area contributed by atoms with E-state index in [4.69, 9.17) is 16.3 Å². The van der Waals surface area contributed by atoms with Gasteiger partial charge in [-0.3, -0.25) is 4.79 Å². The number of carbonyl (C=O) groups excluding carboxylic acids is 2. The third-order valence-corrected chi connectivity index (χ3v) is 4.98. The van der Waals surface area contributed by atoms with Gasteiger partial charge in [-0.25, -0.2) is 14.3 Å². The van der Waals surface area contributed by atoms with E-state index in [1.165, 1.54) is 12.3 Å². The van der Waals surface area contributed by atoms with E-state index in [0.29, 0.717) is 22.2 Å². The van der Waals surface area contributed by atoms with Gasteiger partial charge >= 0.3 is 12.3 Å². The number of carbonyl (C=O) groups is 2. The molecule has 0 saturated carbocycles. The van der Waals surface area contributed by atoms with Gasteiger partial charge in [0.15, 0.2) is 5.65 Å². The highest BCUT2D eigenvalue weighted by Crippen LogP contribution is 2.30. The number of amides is 1. The van der Waals surface area contributed by atoms with E-state index < -0.39 is 30.3 Å². The van der Waals surface area contributed by atoms with Crippen LogP contribution in [0, 0.1) is 0 Å². The molecule has 0 fully saturated rings. The molecule has 0 radical (unpaired) electrons. The molecule has 30 heavy (non-hydrogen) atoms. The molecule has 3 rings (SSSR count). The van der Waals surface area contributed by atoms with Crippen LogP contribution < -0.4 is 5.32 Å². The maximum Gasteiger partial charge on any atom is 0.421 e. The number of hydrogen-bond donors (Lipinski definition) is 1. The van der Waals surface area contributed by atoms with Crippen molar-refractivity contribution < 1.29 is 27.5 Å². The first-order valence-electron chi connectivity index (χ1n) is 8.68. The Balaban J connectivity index is 1.86. The molecule has 0 aliphatic carbocycles. The smallest absolute Gasteiger partial charge is 0.421 e. The molecule has 0 aromatic carbocycles. The first-order valence-corrected chi connectivity index (χ1v) is 9.94. The number of hydrogen-bond acceptors (Lipinski definition) is 5. The first-order chi connectivity index (χ1) is 13.8. The van der Waals surface area contributed by atoms with Crippen LogP contribution in [0.3, 0.4) is 0 Å². The third kappa shape index (κ3) is 5.11. The van der Waals surface area contributed by atoms with Crippen LogP contribution in [-0.4, -0.2) is 39.9 Å². The molecule has 0 saturated heterocycles. The lowest BCUT2D eigenvalue weighted by Crippen LogP contribution is -2.33. The SMILES string of the molecule is CC(C)(C)OC(=O)n1c(Cl)cc2cc(-c3csc(C(=O)NCC(F)(F)F)c3)cnc21. The minimum Gasteiger partial charge on any atom is -0.443 e. The van der Waals surface area contributed by atoms with Crippen molar-refractivity contribution in [3.05, 3.63) is 39.8 Å². The van der Waals surface area contributed by atoms with Crippen molar-refractivity contribution in [2.45, 2.75) is 32.5 Å². The van der Waals surface area contributed by atoms with E-state index in [1.54, 1.807) is 38.3 Å². The van der Waals surface area contributed by atoms with Crippen molar-refractivity contribution >= 4 is 46.0 Å². The third-order valence-electron chi connectivity index (χ3n) is 3.78. The summed E-state index contributed by atoms with van der Waals surface area (Å²) in [6.07, 6.45) is -3.66. The average molecular weight is 460 g/mol. The summed E-state index contributed by atoms with van der Waals surface area (Å²) in [5.41, 5.74) is 0.812. The molecule has 6 nitrogen and oxygen atoms in total. The van der Waals surface area contributed by atoms with Crippen LogP contribution in [0.4, 0.5) is 18.0 Å². The largest absolute Gasteiger partial charge is 0.443 e. The van der Waals surface area contributed by atoms with Gasteiger partial charge < -0.3 is 10.1 Å². The zero-order valence-corrected chi connectivity index (χ0v) is 17.7. The molecule has 3 heterocycles. The molecule has 11 heteroatoms. The van der Waals surface area contributed by atoms with Gasteiger partial charge in [0.05, 0.1) is 4.88 Å². The fourth-order valence-electron chi connectivity index (χ4n) is 2.58. The molecular weight excluding hydrogens is 443 g/mol. The molecule has 0 bridgehead atoms. The number of ether oxygens (including phenoxy) is 1. The van der Waals surface area contributed by atoms with Crippen molar-refractivity contribution in [1.29, 1.82) is 0 Å². The summed E-state index contributed by atoms with van der Waals surface area (Å²) in [7, 11) is 0. The van der Waals surface area contributed by atoms with Crippen LogP contribution in [0.15, 0.2) is 29.8 Å². The number of fused-ring (bicyclic) bond motifs is 1. The van der Waals surface area contributed by atoms with Crippen molar-refractivity contribution in [3.63, 3.8) is 0 Å². The topological polar surface area (TPSA) is 73.2 Å². The molecule has 0 unspecified atom stereocenters. The van der Waals surface area contributed by atoms with Gasteiger partial charge in [0.25, 0.3) is 5.91 Å². The Labute approximate surface area is 178 Å². The van der Waals surface area contributed by atoms with Gasteiger partial charge in [-0.1, -0.05) is 11.6 Å². The normalized spacial score (nSPS) is 12.2. The minimum absolute atomic E-state index is 0.126. The van der Waals surface area contributed by atoms with Crippen molar-refractivity contribution in [1.82, 2.24) is 14.9 Å². The van der Waals surface area contributed by atoms with Crippen LogP contribution in [0.25, 0.3) is 22.2 Å². The predicted molar refractivity (Wildman–Crippen MR) is 108 cm³/mol. The Morgan fingerprint density at radius 3 is 2.53 bits per heavy atom. The van der Waals surface area contributed by atoms with Crippen LogP contribution in [0.2, 0.25) is 5.15 Å². The van der Waals surface area contributed by atoms with Crippen LogP contribution in [-0.2, 0) is 4.74 Å². The number of pyridine rings is 1. The van der Waals surface area contributed by atoms with Gasteiger partial charge in [-0.2, -0.15) is 13.2 Å². The second-order valence-corrected chi connectivity index (χ2v) is 8.72. The number of aromatic nitrogens is 2. The lowest BCUT2D eigenvalue weighted by molar-refractivity contribution is -0.123. The fraction of sp³-hybridized carbons (Fsp3) is 0.316. The Hall–Kier alpha value is -2.59. The summed E-state index contributed by atoms with van der Waals surface area (Å²) in [6.45, 7) is 3.79. The molecule has 3 aromatic heterocycles. The summed E-state index contributed by atoms with van der Waals surface area (Å²) in [6, 6.07) is 4.75. The number of rotatable bonds is 3. The number of nitrogens with zero attached hydrogens (tertiary/aromatic N) is 2. The highest BCUT2D eigenvalue weighted by atomic mass is 35.5. The zero-order valence-electron chi connectivity index (χ0n) is 16.1. The van der Waals surface area contributed by atoms with Crippen molar-refractivity contribution in [2.75, 3.05) is 6.54 Å². The first kappa shape index (κ1) is 22.1. The minimum atomic E-state index is -4.48. The Morgan fingerprint density at radius 2 is 1.90 bits per heavy atom. The summed E-state index contributed by atoms with van der Waals surface area (Å²) in [5.74, 6) is -0.809. The van der Waals surface area contributed by atoms with E-state index in [9.17, 15) is 22.8 Å². The number of halogens is 4. The van der Waals surface area contributed by atoms with Crippen LogP contribution in [0.1, 0.15) is 30.4 Å².